The Kier molecular flexibility index (Phi) is 6.42. The van der Waals surface area contributed by atoms with Crippen LogP contribution in [0.2, 0.25) is 0 Å². The minimum absolute atomic E-state index is 0.0705. The van der Waals surface area contributed by atoms with Crippen molar-refractivity contribution in [3.63, 3.8) is 0 Å². The van der Waals surface area contributed by atoms with Crippen LogP contribution in [0, 0.1) is 5.82 Å². The summed E-state index contributed by atoms with van der Waals surface area (Å²) in [5.74, 6) is -0.0741. The lowest BCUT2D eigenvalue weighted by Crippen LogP contribution is -2.41. The van der Waals surface area contributed by atoms with Gasteiger partial charge in [0.25, 0.3) is 0 Å². The van der Waals surface area contributed by atoms with Gasteiger partial charge in [0.1, 0.15) is 17.7 Å². The lowest BCUT2D eigenvalue weighted by molar-refractivity contribution is 0.00578. The monoisotopic (exact) mass is 449 g/mol. The van der Waals surface area contributed by atoms with Crippen LogP contribution in [0.5, 0.6) is 5.75 Å². The molecule has 0 radical (unpaired) electrons. The van der Waals surface area contributed by atoms with E-state index in [-0.39, 0.29) is 11.6 Å². The molecule has 0 aromatic heterocycles. The summed E-state index contributed by atoms with van der Waals surface area (Å²) in [6.07, 6.45) is -0.445. The van der Waals surface area contributed by atoms with Crippen LogP contribution in [0.1, 0.15) is 53.2 Å². The number of hydrogen-bond donors (Lipinski definition) is 1. The third kappa shape index (κ3) is 5.22. The zero-order valence-electron chi connectivity index (χ0n) is 18.7. The molecule has 1 atom stereocenters. The maximum atomic E-state index is 13.3. The topological polar surface area (TPSA) is 73.9 Å². The molecule has 1 unspecified atom stereocenters. The van der Waals surface area contributed by atoms with Gasteiger partial charge in [-0.1, -0.05) is 18.2 Å². The van der Waals surface area contributed by atoms with Crippen LogP contribution in [0.25, 0.3) is 0 Å². The minimum Gasteiger partial charge on any atom is -0.484 e. The molecule has 0 bridgehead atoms. The highest BCUT2D eigenvalue weighted by Gasteiger charge is 2.51. The third-order valence-electron chi connectivity index (χ3n) is 5.82. The lowest BCUT2D eigenvalue weighted by Gasteiger charge is -2.32. The first kappa shape index (κ1) is 23.6. The van der Waals surface area contributed by atoms with Gasteiger partial charge >= 0.3 is 7.12 Å². The molecule has 1 saturated heterocycles. The summed E-state index contributed by atoms with van der Waals surface area (Å²) in [5.41, 5.74) is 0.757. The molecule has 1 heterocycles. The zero-order valence-corrected chi connectivity index (χ0v) is 19.5. The number of anilines is 1. The molecule has 1 N–H and O–H groups in total. The van der Waals surface area contributed by atoms with Gasteiger partial charge in [-0.25, -0.2) is 12.8 Å². The number of sulfonamides is 1. The first-order valence-electron chi connectivity index (χ1n) is 10.3. The van der Waals surface area contributed by atoms with Crippen LogP contribution in [-0.4, -0.2) is 32.5 Å². The Labute approximate surface area is 184 Å². The van der Waals surface area contributed by atoms with E-state index in [0.717, 1.165) is 5.56 Å². The second-order valence-corrected chi connectivity index (χ2v) is 10.7. The van der Waals surface area contributed by atoms with Gasteiger partial charge in [0.05, 0.1) is 22.6 Å². The zero-order chi connectivity index (χ0) is 23.0. The van der Waals surface area contributed by atoms with E-state index in [1.54, 1.807) is 37.3 Å². The fourth-order valence-electron chi connectivity index (χ4n) is 3.08. The Morgan fingerprint density at radius 2 is 1.65 bits per heavy atom. The Bertz CT molecular complexity index is 1020. The summed E-state index contributed by atoms with van der Waals surface area (Å²) < 4.78 is 58.5. The number of halogens is 1. The Balaban J connectivity index is 1.95. The number of hydrogen-bond acceptors (Lipinski definition) is 5. The van der Waals surface area contributed by atoms with E-state index in [9.17, 15) is 12.8 Å². The van der Waals surface area contributed by atoms with Crippen molar-refractivity contribution < 1.29 is 26.9 Å². The number of nitrogens with one attached hydrogen (secondary N) is 1. The molecule has 31 heavy (non-hydrogen) atoms. The molecule has 2 aromatic carbocycles. The van der Waals surface area contributed by atoms with Gasteiger partial charge in [-0.15, -0.1) is 0 Å². The molecule has 1 aliphatic rings. The molecule has 0 amide bonds. The molecule has 1 fully saturated rings. The predicted octanol–water partition coefficient (Wildman–Crippen LogP) is 4.03. The summed E-state index contributed by atoms with van der Waals surface area (Å²) in [6.45, 7) is 11.2. The van der Waals surface area contributed by atoms with Crippen LogP contribution < -0.4 is 14.9 Å². The highest BCUT2D eigenvalue weighted by molar-refractivity contribution is 7.92. The highest BCUT2D eigenvalue weighted by Crippen LogP contribution is 2.37. The van der Waals surface area contributed by atoms with Crippen molar-refractivity contribution in [1.29, 1.82) is 0 Å². The summed E-state index contributed by atoms with van der Waals surface area (Å²) >= 11 is 0. The number of benzene rings is 2. The van der Waals surface area contributed by atoms with Crippen LogP contribution in [-0.2, 0) is 19.3 Å². The quantitative estimate of drug-likeness (QED) is 0.647. The maximum Gasteiger partial charge on any atom is 0.494 e. The van der Waals surface area contributed by atoms with Crippen molar-refractivity contribution in [1.82, 2.24) is 0 Å². The molecule has 2 aromatic rings. The van der Waals surface area contributed by atoms with Crippen molar-refractivity contribution >= 4 is 28.3 Å². The summed E-state index contributed by atoms with van der Waals surface area (Å²) in [7, 11) is -4.13. The Hall–Kier alpha value is -2.10. The second-order valence-electron chi connectivity index (χ2n) is 8.66. The molecule has 1 aliphatic heterocycles. The Morgan fingerprint density at radius 3 is 2.19 bits per heavy atom. The normalized spacial score (nSPS) is 18.6. The van der Waals surface area contributed by atoms with Crippen molar-refractivity contribution in [3.8, 4) is 5.75 Å². The van der Waals surface area contributed by atoms with Crippen molar-refractivity contribution in [2.24, 2.45) is 0 Å². The van der Waals surface area contributed by atoms with E-state index in [0.29, 0.717) is 16.9 Å². The summed E-state index contributed by atoms with van der Waals surface area (Å²) in [6, 6.07) is 11.1. The predicted molar refractivity (Wildman–Crippen MR) is 121 cm³/mol. The standard InChI is InChI=1S/C22H29BFNO5S/c1-7-31(26,27)25-19-13-10-17(23-29-21(3,4)22(5,6)30-23)14-20(19)28-15(2)16-8-11-18(24)12-9-16/h8-15,25H,7H2,1-6H3. The van der Waals surface area contributed by atoms with Crippen LogP contribution in [0.15, 0.2) is 42.5 Å². The minimum atomic E-state index is -3.51. The smallest absolute Gasteiger partial charge is 0.484 e. The molecular formula is C22H29BFNO5S. The van der Waals surface area contributed by atoms with Crippen LogP contribution >= 0.6 is 0 Å². The fourth-order valence-corrected chi connectivity index (χ4v) is 3.73. The highest BCUT2D eigenvalue weighted by atomic mass is 32.2. The summed E-state index contributed by atoms with van der Waals surface area (Å²) in [4.78, 5) is 0. The fraction of sp³-hybridized carbons (Fsp3) is 0.455. The van der Waals surface area contributed by atoms with E-state index in [4.69, 9.17) is 14.0 Å². The van der Waals surface area contributed by atoms with Crippen LogP contribution in [0.4, 0.5) is 10.1 Å². The van der Waals surface area contributed by atoms with Gasteiger partial charge in [0.2, 0.25) is 10.0 Å². The molecule has 6 nitrogen and oxygen atoms in total. The van der Waals surface area contributed by atoms with Gasteiger partial charge in [0, 0.05) is 0 Å². The molecule has 0 spiro atoms. The average molecular weight is 449 g/mol. The van der Waals surface area contributed by atoms with Crippen molar-refractivity contribution in [3.05, 3.63) is 53.8 Å². The first-order valence-corrected chi connectivity index (χ1v) is 11.9. The average Bonchev–Trinajstić information content (AvgIpc) is 2.90. The van der Waals surface area contributed by atoms with Gasteiger partial charge < -0.3 is 14.0 Å². The van der Waals surface area contributed by atoms with E-state index in [1.807, 2.05) is 34.6 Å². The SMILES string of the molecule is CCS(=O)(=O)Nc1ccc(B2OC(C)(C)C(C)(C)O2)cc1OC(C)c1ccc(F)cc1. The molecule has 9 heteroatoms. The Morgan fingerprint density at radius 1 is 1.06 bits per heavy atom. The largest absolute Gasteiger partial charge is 0.494 e. The van der Waals surface area contributed by atoms with E-state index >= 15 is 0 Å². The van der Waals surface area contributed by atoms with E-state index in [1.165, 1.54) is 12.1 Å². The van der Waals surface area contributed by atoms with Gasteiger partial charge in [-0.05, 0) is 76.8 Å². The van der Waals surface area contributed by atoms with Gasteiger partial charge in [-0.3, -0.25) is 4.72 Å². The first-order chi connectivity index (χ1) is 14.3. The number of ether oxygens (including phenoxy) is 1. The maximum absolute atomic E-state index is 13.3. The van der Waals surface area contributed by atoms with Gasteiger partial charge in [-0.2, -0.15) is 0 Å². The lowest BCUT2D eigenvalue weighted by atomic mass is 9.79. The number of rotatable bonds is 7. The molecular weight excluding hydrogens is 420 g/mol. The van der Waals surface area contributed by atoms with Crippen molar-refractivity contribution in [2.75, 3.05) is 10.5 Å². The molecule has 3 rings (SSSR count). The second kappa shape index (κ2) is 8.45. The van der Waals surface area contributed by atoms with Crippen molar-refractivity contribution in [2.45, 2.75) is 58.8 Å². The van der Waals surface area contributed by atoms with E-state index < -0.39 is 34.4 Å². The molecule has 0 aliphatic carbocycles. The van der Waals surface area contributed by atoms with Gasteiger partial charge in [0.15, 0.2) is 0 Å². The summed E-state index contributed by atoms with van der Waals surface area (Å²) in [5, 5.41) is 0. The molecule has 0 saturated carbocycles. The van der Waals surface area contributed by atoms with Crippen LogP contribution in [0.3, 0.4) is 0 Å². The van der Waals surface area contributed by atoms with E-state index in [2.05, 4.69) is 4.72 Å². The molecule has 168 valence electrons. The third-order valence-corrected chi connectivity index (χ3v) is 7.11.